The zero-order valence-electron chi connectivity index (χ0n) is 11.9. The van der Waals surface area contributed by atoms with Crippen LogP contribution in [0.4, 0.5) is 0 Å². The molecule has 1 aromatic carbocycles. The summed E-state index contributed by atoms with van der Waals surface area (Å²) in [5.74, 6) is 1.72. The highest BCUT2D eigenvalue weighted by molar-refractivity contribution is 5.47. The highest BCUT2D eigenvalue weighted by Crippen LogP contribution is 2.37. The van der Waals surface area contributed by atoms with E-state index in [0.717, 1.165) is 42.9 Å². The number of benzene rings is 1. The van der Waals surface area contributed by atoms with Crippen LogP contribution in [0.15, 0.2) is 18.2 Å². The second kappa shape index (κ2) is 6.78. The smallest absolute Gasteiger partial charge is 0.127 e. The van der Waals surface area contributed by atoms with Crippen molar-refractivity contribution in [2.75, 3.05) is 27.9 Å². The van der Waals surface area contributed by atoms with E-state index in [-0.39, 0.29) is 6.04 Å². The molecule has 1 saturated heterocycles. The van der Waals surface area contributed by atoms with Gasteiger partial charge < -0.3 is 19.5 Å². The highest BCUT2D eigenvalue weighted by atomic mass is 16.5. The average Bonchev–Trinajstić information content (AvgIpc) is 2.97. The maximum Gasteiger partial charge on any atom is 0.127 e. The fourth-order valence-corrected chi connectivity index (χ4v) is 2.70. The average molecular weight is 265 g/mol. The molecule has 0 spiro atoms. The molecular formula is C15H23NO3. The van der Waals surface area contributed by atoms with Crippen molar-refractivity contribution < 1.29 is 14.2 Å². The van der Waals surface area contributed by atoms with Crippen LogP contribution in [0.25, 0.3) is 0 Å². The van der Waals surface area contributed by atoms with Crippen molar-refractivity contribution in [2.24, 2.45) is 0 Å². The summed E-state index contributed by atoms with van der Waals surface area (Å²) in [7, 11) is 5.35. The number of nitrogens with one attached hydrogen (secondary N) is 1. The van der Waals surface area contributed by atoms with Crippen LogP contribution < -0.4 is 14.8 Å². The Kier molecular flexibility index (Phi) is 5.05. The molecule has 106 valence electrons. The summed E-state index contributed by atoms with van der Waals surface area (Å²) in [6.07, 6.45) is 3.56. The van der Waals surface area contributed by atoms with E-state index in [4.69, 9.17) is 14.2 Å². The maximum absolute atomic E-state index is 5.73. The highest BCUT2D eigenvalue weighted by Gasteiger charge is 2.25. The van der Waals surface area contributed by atoms with Crippen molar-refractivity contribution in [1.29, 1.82) is 0 Å². The summed E-state index contributed by atoms with van der Waals surface area (Å²) in [6.45, 7) is 0.879. The van der Waals surface area contributed by atoms with Gasteiger partial charge in [0.25, 0.3) is 0 Å². The monoisotopic (exact) mass is 265 g/mol. The summed E-state index contributed by atoms with van der Waals surface area (Å²) in [5, 5.41) is 3.35. The molecule has 1 aliphatic rings. The van der Waals surface area contributed by atoms with E-state index in [2.05, 4.69) is 5.32 Å². The lowest BCUT2D eigenvalue weighted by molar-refractivity contribution is 0.0948. The van der Waals surface area contributed by atoms with Gasteiger partial charge in [-0.15, -0.1) is 0 Å². The summed E-state index contributed by atoms with van der Waals surface area (Å²) in [4.78, 5) is 0. The largest absolute Gasteiger partial charge is 0.496 e. The van der Waals surface area contributed by atoms with Crippen LogP contribution in [0.3, 0.4) is 0 Å². The fraction of sp³-hybridized carbons (Fsp3) is 0.600. The molecule has 1 fully saturated rings. The molecule has 0 aliphatic carbocycles. The van der Waals surface area contributed by atoms with E-state index >= 15 is 0 Å². The summed E-state index contributed by atoms with van der Waals surface area (Å²) in [5.41, 5.74) is 1.07. The molecule has 2 rings (SSSR count). The van der Waals surface area contributed by atoms with E-state index in [9.17, 15) is 0 Å². The van der Waals surface area contributed by atoms with Gasteiger partial charge in [0.15, 0.2) is 0 Å². The Morgan fingerprint density at radius 1 is 1.32 bits per heavy atom. The van der Waals surface area contributed by atoms with Gasteiger partial charge in [0.05, 0.1) is 25.9 Å². The van der Waals surface area contributed by atoms with Gasteiger partial charge in [0, 0.05) is 12.6 Å². The van der Waals surface area contributed by atoms with E-state index in [1.54, 1.807) is 14.2 Å². The minimum Gasteiger partial charge on any atom is -0.496 e. The van der Waals surface area contributed by atoms with Crippen LogP contribution in [0.1, 0.15) is 30.9 Å². The van der Waals surface area contributed by atoms with Gasteiger partial charge in [-0.3, -0.25) is 0 Å². The number of rotatable bonds is 6. The second-order valence-corrected chi connectivity index (χ2v) is 4.79. The summed E-state index contributed by atoms with van der Waals surface area (Å²) >= 11 is 0. The molecular weight excluding hydrogens is 242 g/mol. The van der Waals surface area contributed by atoms with Crippen LogP contribution in [0.2, 0.25) is 0 Å². The van der Waals surface area contributed by atoms with E-state index in [1.807, 2.05) is 25.2 Å². The Balaban J connectivity index is 2.24. The molecule has 2 unspecified atom stereocenters. The molecule has 1 aliphatic heterocycles. The van der Waals surface area contributed by atoms with Gasteiger partial charge in [0.1, 0.15) is 11.5 Å². The third kappa shape index (κ3) is 3.19. The lowest BCUT2D eigenvalue weighted by Crippen LogP contribution is -2.23. The zero-order valence-corrected chi connectivity index (χ0v) is 11.9. The summed E-state index contributed by atoms with van der Waals surface area (Å²) in [6, 6.07) is 6.06. The van der Waals surface area contributed by atoms with Gasteiger partial charge >= 0.3 is 0 Å². The summed E-state index contributed by atoms with van der Waals surface area (Å²) < 4.78 is 16.7. The lowest BCUT2D eigenvalue weighted by Gasteiger charge is -2.24. The second-order valence-electron chi connectivity index (χ2n) is 4.79. The molecule has 1 aromatic rings. The maximum atomic E-state index is 5.73. The van der Waals surface area contributed by atoms with Gasteiger partial charge in [-0.05, 0) is 38.4 Å². The van der Waals surface area contributed by atoms with Crippen LogP contribution in [-0.4, -0.2) is 34.0 Å². The van der Waals surface area contributed by atoms with E-state index < -0.39 is 0 Å². The number of methoxy groups -OCH3 is 2. The van der Waals surface area contributed by atoms with Gasteiger partial charge in [-0.25, -0.2) is 0 Å². The van der Waals surface area contributed by atoms with Gasteiger partial charge in [-0.2, -0.15) is 0 Å². The molecule has 0 bridgehead atoms. The predicted molar refractivity (Wildman–Crippen MR) is 74.9 cm³/mol. The third-order valence-electron chi connectivity index (χ3n) is 3.69. The lowest BCUT2D eigenvalue weighted by atomic mass is 9.97. The molecule has 1 N–H and O–H groups in total. The molecule has 4 heteroatoms. The molecule has 0 aromatic heterocycles. The Labute approximate surface area is 115 Å². The number of hydrogen-bond acceptors (Lipinski definition) is 4. The van der Waals surface area contributed by atoms with Crippen molar-refractivity contribution in [2.45, 2.75) is 31.4 Å². The first-order valence-corrected chi connectivity index (χ1v) is 6.80. The number of hydrogen-bond donors (Lipinski definition) is 1. The van der Waals surface area contributed by atoms with Crippen molar-refractivity contribution in [3.8, 4) is 11.5 Å². The molecule has 2 atom stereocenters. The first-order chi connectivity index (χ1) is 9.30. The standard InChI is InChI=1S/C15H23NO3/c1-16-12(10-11-6-5-9-19-11)15-13(17-2)7-4-8-14(15)18-3/h4,7-8,11-12,16H,5-6,9-10H2,1-3H3. The SMILES string of the molecule is CNC(CC1CCCO1)c1c(OC)cccc1OC. The zero-order chi connectivity index (χ0) is 13.7. The van der Waals surface area contributed by atoms with E-state index in [1.165, 1.54) is 0 Å². The van der Waals surface area contributed by atoms with Crippen LogP contribution in [0.5, 0.6) is 11.5 Å². The van der Waals surface area contributed by atoms with Crippen LogP contribution >= 0.6 is 0 Å². The molecule has 0 amide bonds. The fourth-order valence-electron chi connectivity index (χ4n) is 2.70. The van der Waals surface area contributed by atoms with Crippen molar-refractivity contribution >= 4 is 0 Å². The molecule has 4 nitrogen and oxygen atoms in total. The minimum atomic E-state index is 0.175. The first kappa shape index (κ1) is 14.2. The van der Waals surface area contributed by atoms with Crippen LogP contribution in [-0.2, 0) is 4.74 Å². The molecule has 0 saturated carbocycles. The van der Waals surface area contributed by atoms with Gasteiger partial charge in [0.2, 0.25) is 0 Å². The van der Waals surface area contributed by atoms with Crippen molar-refractivity contribution in [3.63, 3.8) is 0 Å². The van der Waals surface area contributed by atoms with Crippen molar-refractivity contribution in [1.82, 2.24) is 5.32 Å². The molecule has 0 radical (unpaired) electrons. The number of ether oxygens (including phenoxy) is 3. The van der Waals surface area contributed by atoms with Crippen molar-refractivity contribution in [3.05, 3.63) is 23.8 Å². The van der Waals surface area contributed by atoms with Crippen LogP contribution in [0, 0.1) is 0 Å². The topological polar surface area (TPSA) is 39.7 Å². The van der Waals surface area contributed by atoms with E-state index in [0.29, 0.717) is 6.10 Å². The Morgan fingerprint density at radius 2 is 2.00 bits per heavy atom. The predicted octanol–water partition coefficient (Wildman–Crippen LogP) is 2.53. The minimum absolute atomic E-state index is 0.175. The normalized spacial score (nSPS) is 20.3. The quantitative estimate of drug-likeness (QED) is 0.858. The Hall–Kier alpha value is -1.26. The molecule has 1 heterocycles. The Bertz CT molecular complexity index is 380. The third-order valence-corrected chi connectivity index (χ3v) is 3.69. The first-order valence-electron chi connectivity index (χ1n) is 6.80. The molecule has 19 heavy (non-hydrogen) atoms. The Morgan fingerprint density at radius 3 is 2.47 bits per heavy atom. The van der Waals surface area contributed by atoms with Gasteiger partial charge in [-0.1, -0.05) is 6.07 Å².